The quantitative estimate of drug-likeness (QED) is 0.696. The Morgan fingerprint density at radius 2 is 1.54 bits per heavy atom. The second-order valence-electron chi connectivity index (χ2n) is 6.37. The Morgan fingerprint density at radius 3 is 2.08 bits per heavy atom. The lowest BCUT2D eigenvalue weighted by Crippen LogP contribution is -2.47. The van der Waals surface area contributed by atoms with Crippen LogP contribution in [0.3, 0.4) is 0 Å². The Hall–Kier alpha value is -2.37. The fourth-order valence-corrected chi connectivity index (χ4v) is 2.88. The third-order valence-corrected chi connectivity index (χ3v) is 4.48. The molecule has 0 spiro atoms. The van der Waals surface area contributed by atoms with E-state index in [2.05, 4.69) is 10.6 Å². The first-order valence-corrected chi connectivity index (χ1v) is 8.60. The van der Waals surface area contributed by atoms with E-state index in [0.29, 0.717) is 18.0 Å². The van der Waals surface area contributed by atoms with Gasteiger partial charge in [0, 0.05) is 18.2 Å². The van der Waals surface area contributed by atoms with Crippen LogP contribution in [0, 0.1) is 5.92 Å². The van der Waals surface area contributed by atoms with Gasteiger partial charge in [0.15, 0.2) is 0 Å². The summed E-state index contributed by atoms with van der Waals surface area (Å²) < 4.78 is 0. The minimum absolute atomic E-state index is 0. The summed E-state index contributed by atoms with van der Waals surface area (Å²) in [6, 6.07) is 17.4. The molecule has 1 aliphatic rings. The van der Waals surface area contributed by atoms with Gasteiger partial charge in [0.05, 0.1) is 0 Å². The average Bonchev–Trinajstić information content (AvgIpc) is 3.50. The van der Waals surface area contributed by atoms with Crippen molar-refractivity contribution in [2.75, 3.05) is 6.54 Å². The molecule has 0 saturated heterocycles. The van der Waals surface area contributed by atoms with Crippen LogP contribution in [0.4, 0.5) is 0 Å². The normalized spacial score (nSPS) is 15.3. The van der Waals surface area contributed by atoms with Gasteiger partial charge in [-0.1, -0.05) is 48.5 Å². The summed E-state index contributed by atoms with van der Waals surface area (Å²) in [5.41, 5.74) is 7.06. The maximum Gasteiger partial charge on any atom is 0.252 e. The van der Waals surface area contributed by atoms with E-state index < -0.39 is 6.04 Å². The summed E-state index contributed by atoms with van der Waals surface area (Å²) in [6.07, 6.45) is 2.18. The molecule has 26 heavy (non-hydrogen) atoms. The number of amides is 2. The third-order valence-electron chi connectivity index (χ3n) is 4.48. The number of hydrogen-bond acceptors (Lipinski definition) is 3. The van der Waals surface area contributed by atoms with Crippen molar-refractivity contribution < 1.29 is 9.59 Å². The zero-order valence-electron chi connectivity index (χ0n) is 14.4. The van der Waals surface area contributed by atoms with Gasteiger partial charge in [0.25, 0.3) is 5.91 Å². The molecule has 1 fully saturated rings. The van der Waals surface area contributed by atoms with Crippen LogP contribution in [0.2, 0.25) is 0 Å². The molecule has 0 aromatic heterocycles. The van der Waals surface area contributed by atoms with Crippen LogP contribution in [0.1, 0.15) is 34.8 Å². The summed E-state index contributed by atoms with van der Waals surface area (Å²) in [7, 11) is 0. The third kappa shape index (κ3) is 5.07. The number of halogens is 1. The van der Waals surface area contributed by atoms with E-state index >= 15 is 0 Å². The Kier molecular flexibility index (Phi) is 7.18. The molecule has 0 heterocycles. The molecule has 2 unspecified atom stereocenters. The van der Waals surface area contributed by atoms with E-state index in [-0.39, 0.29) is 30.3 Å². The molecule has 1 saturated carbocycles. The van der Waals surface area contributed by atoms with E-state index in [0.717, 1.165) is 18.4 Å². The molecule has 138 valence electrons. The maximum absolute atomic E-state index is 12.8. The average molecular weight is 374 g/mol. The van der Waals surface area contributed by atoms with Crippen molar-refractivity contribution in [3.8, 4) is 0 Å². The minimum atomic E-state index is -0.748. The predicted molar refractivity (Wildman–Crippen MR) is 104 cm³/mol. The van der Waals surface area contributed by atoms with Crippen molar-refractivity contribution in [2.24, 2.45) is 11.7 Å². The van der Waals surface area contributed by atoms with Gasteiger partial charge in [-0.25, -0.2) is 0 Å². The summed E-state index contributed by atoms with van der Waals surface area (Å²) in [5.74, 6) is -0.0478. The highest BCUT2D eigenvalue weighted by molar-refractivity contribution is 5.97. The zero-order chi connectivity index (χ0) is 17.6. The highest BCUT2D eigenvalue weighted by Crippen LogP contribution is 2.32. The van der Waals surface area contributed by atoms with Crippen molar-refractivity contribution in [3.63, 3.8) is 0 Å². The van der Waals surface area contributed by atoms with Gasteiger partial charge >= 0.3 is 0 Å². The second kappa shape index (κ2) is 9.36. The van der Waals surface area contributed by atoms with Crippen molar-refractivity contribution in [3.05, 3.63) is 71.8 Å². The van der Waals surface area contributed by atoms with Gasteiger partial charge in [0.1, 0.15) is 6.04 Å². The SMILES string of the molecule is Cl.NCC(NC(=O)C(NC(=O)c1ccccc1)c1ccccc1)C1CC1. The van der Waals surface area contributed by atoms with Gasteiger partial charge in [-0.05, 0) is 36.5 Å². The number of nitrogens with one attached hydrogen (secondary N) is 2. The van der Waals surface area contributed by atoms with E-state index in [4.69, 9.17) is 5.73 Å². The number of hydrogen-bond donors (Lipinski definition) is 3. The first kappa shape index (κ1) is 19.9. The molecule has 0 aliphatic heterocycles. The number of carbonyl (C=O) groups excluding carboxylic acids is 2. The second-order valence-corrected chi connectivity index (χ2v) is 6.37. The van der Waals surface area contributed by atoms with Gasteiger partial charge in [-0.2, -0.15) is 0 Å². The van der Waals surface area contributed by atoms with E-state index in [1.54, 1.807) is 24.3 Å². The van der Waals surface area contributed by atoms with Crippen molar-refractivity contribution in [1.29, 1.82) is 0 Å². The van der Waals surface area contributed by atoms with Crippen molar-refractivity contribution in [2.45, 2.75) is 24.9 Å². The maximum atomic E-state index is 12.8. The molecule has 4 N–H and O–H groups in total. The Morgan fingerprint density at radius 1 is 0.962 bits per heavy atom. The standard InChI is InChI=1S/C20H23N3O2.ClH/c21-13-17(14-11-12-14)22-20(25)18(15-7-3-1-4-8-15)23-19(24)16-9-5-2-6-10-16;/h1-10,14,17-18H,11-13,21H2,(H,22,25)(H,23,24);1H. The Bertz CT molecular complexity index is 720. The molecular weight excluding hydrogens is 350 g/mol. The molecule has 0 radical (unpaired) electrons. The molecule has 5 nitrogen and oxygen atoms in total. The molecule has 2 aromatic rings. The molecule has 2 atom stereocenters. The molecular formula is C20H24ClN3O2. The lowest BCUT2D eigenvalue weighted by atomic mass is 10.0. The minimum Gasteiger partial charge on any atom is -0.350 e. The van der Waals surface area contributed by atoms with Gasteiger partial charge in [0.2, 0.25) is 5.91 Å². The number of rotatable bonds is 7. The first-order valence-electron chi connectivity index (χ1n) is 8.60. The van der Waals surface area contributed by atoms with Crippen LogP contribution in [0.5, 0.6) is 0 Å². The van der Waals surface area contributed by atoms with Crippen LogP contribution < -0.4 is 16.4 Å². The van der Waals surface area contributed by atoms with E-state index in [1.165, 1.54) is 0 Å². The number of nitrogens with two attached hydrogens (primary N) is 1. The van der Waals surface area contributed by atoms with Gasteiger partial charge < -0.3 is 16.4 Å². The lowest BCUT2D eigenvalue weighted by molar-refractivity contribution is -0.123. The lowest BCUT2D eigenvalue weighted by Gasteiger charge is -2.23. The van der Waals surface area contributed by atoms with Gasteiger partial charge in [-0.15, -0.1) is 12.4 Å². The van der Waals surface area contributed by atoms with Gasteiger partial charge in [-0.3, -0.25) is 9.59 Å². The van der Waals surface area contributed by atoms with Crippen LogP contribution >= 0.6 is 12.4 Å². The molecule has 3 rings (SSSR count). The monoisotopic (exact) mass is 373 g/mol. The fraction of sp³-hybridized carbons (Fsp3) is 0.300. The molecule has 0 bridgehead atoms. The largest absolute Gasteiger partial charge is 0.350 e. The van der Waals surface area contributed by atoms with E-state index in [1.807, 2.05) is 36.4 Å². The van der Waals surface area contributed by atoms with Crippen molar-refractivity contribution in [1.82, 2.24) is 10.6 Å². The highest BCUT2D eigenvalue weighted by Gasteiger charge is 2.33. The summed E-state index contributed by atoms with van der Waals surface area (Å²) in [6.45, 7) is 0.407. The highest BCUT2D eigenvalue weighted by atomic mass is 35.5. The fourth-order valence-electron chi connectivity index (χ4n) is 2.88. The summed E-state index contributed by atoms with van der Waals surface area (Å²) in [5, 5.41) is 5.85. The Labute approximate surface area is 159 Å². The predicted octanol–water partition coefficient (Wildman–Crippen LogP) is 2.43. The smallest absolute Gasteiger partial charge is 0.252 e. The Balaban J connectivity index is 0.00000243. The van der Waals surface area contributed by atoms with Crippen LogP contribution in [-0.2, 0) is 4.79 Å². The molecule has 2 aromatic carbocycles. The topological polar surface area (TPSA) is 84.2 Å². The van der Waals surface area contributed by atoms with Crippen LogP contribution in [0.25, 0.3) is 0 Å². The molecule has 6 heteroatoms. The summed E-state index contributed by atoms with van der Waals surface area (Å²) in [4.78, 5) is 25.3. The number of carbonyl (C=O) groups is 2. The molecule has 1 aliphatic carbocycles. The van der Waals surface area contributed by atoms with Crippen LogP contribution in [0.15, 0.2) is 60.7 Å². The van der Waals surface area contributed by atoms with E-state index in [9.17, 15) is 9.59 Å². The first-order chi connectivity index (χ1) is 12.2. The molecule has 2 amide bonds. The number of benzene rings is 2. The van der Waals surface area contributed by atoms with Crippen molar-refractivity contribution >= 4 is 24.2 Å². The zero-order valence-corrected chi connectivity index (χ0v) is 15.2. The van der Waals surface area contributed by atoms with Crippen LogP contribution in [-0.4, -0.2) is 24.4 Å². The summed E-state index contributed by atoms with van der Waals surface area (Å²) >= 11 is 0.